The molecule has 1 heterocycles. The second kappa shape index (κ2) is 7.90. The zero-order valence-electron chi connectivity index (χ0n) is 15.2. The van der Waals surface area contributed by atoms with Crippen LogP contribution in [0.2, 0.25) is 0 Å². The summed E-state index contributed by atoms with van der Waals surface area (Å²) in [7, 11) is 3.06. The number of carbonyl (C=O) groups excluding carboxylic acids is 3. The summed E-state index contributed by atoms with van der Waals surface area (Å²) in [6.45, 7) is 0.200. The fraction of sp³-hybridized carbons (Fsp3) is 0.250. The molecule has 7 nitrogen and oxygen atoms in total. The van der Waals surface area contributed by atoms with E-state index in [-0.39, 0.29) is 30.7 Å². The number of amides is 3. The lowest BCUT2D eigenvalue weighted by Gasteiger charge is -2.14. The maximum Gasteiger partial charge on any atom is 0.261 e. The van der Waals surface area contributed by atoms with Crippen molar-refractivity contribution in [1.29, 1.82) is 0 Å². The summed E-state index contributed by atoms with van der Waals surface area (Å²) in [4.78, 5) is 37.9. The number of imide groups is 1. The lowest BCUT2D eigenvalue weighted by molar-refractivity contribution is -0.116. The van der Waals surface area contributed by atoms with E-state index in [9.17, 15) is 14.4 Å². The van der Waals surface area contributed by atoms with Crippen LogP contribution in [-0.4, -0.2) is 43.4 Å². The van der Waals surface area contributed by atoms with Gasteiger partial charge in [-0.05, 0) is 30.7 Å². The molecule has 1 N–H and O–H groups in total. The van der Waals surface area contributed by atoms with Crippen LogP contribution in [0.15, 0.2) is 42.5 Å². The highest BCUT2D eigenvalue weighted by Gasteiger charge is 2.34. The van der Waals surface area contributed by atoms with Crippen molar-refractivity contribution in [3.63, 3.8) is 0 Å². The second-order valence-electron chi connectivity index (χ2n) is 6.03. The molecule has 7 heteroatoms. The van der Waals surface area contributed by atoms with Gasteiger partial charge in [0.15, 0.2) is 11.5 Å². The van der Waals surface area contributed by atoms with Crippen molar-refractivity contribution in [1.82, 2.24) is 4.90 Å². The Bertz CT molecular complexity index is 859. The molecule has 0 radical (unpaired) electrons. The highest BCUT2D eigenvalue weighted by Crippen LogP contribution is 2.29. The van der Waals surface area contributed by atoms with Crippen molar-refractivity contribution in [2.75, 3.05) is 26.1 Å². The second-order valence-corrected chi connectivity index (χ2v) is 6.03. The number of anilines is 1. The predicted molar refractivity (Wildman–Crippen MR) is 99.2 cm³/mol. The molecule has 0 aromatic heterocycles. The maximum absolute atomic E-state index is 12.3. The van der Waals surface area contributed by atoms with Crippen LogP contribution in [0.25, 0.3) is 0 Å². The molecule has 0 aliphatic carbocycles. The fourth-order valence-corrected chi connectivity index (χ4v) is 2.98. The van der Waals surface area contributed by atoms with Crippen molar-refractivity contribution in [3.05, 3.63) is 53.6 Å². The number of rotatable bonds is 7. The SMILES string of the molecule is COc1ccc(NC(=O)CCCN2C(=O)c3ccccc3C2=O)cc1OC. The fourth-order valence-electron chi connectivity index (χ4n) is 2.98. The van der Waals surface area contributed by atoms with Gasteiger partial charge in [0.1, 0.15) is 0 Å². The third-order valence-electron chi connectivity index (χ3n) is 4.33. The first-order valence-electron chi connectivity index (χ1n) is 8.52. The largest absolute Gasteiger partial charge is 0.493 e. The Kier molecular flexibility index (Phi) is 5.40. The van der Waals surface area contributed by atoms with E-state index in [0.29, 0.717) is 34.7 Å². The molecule has 1 aliphatic heterocycles. The summed E-state index contributed by atoms with van der Waals surface area (Å²) in [5.41, 5.74) is 1.41. The maximum atomic E-state index is 12.3. The first-order valence-corrected chi connectivity index (χ1v) is 8.52. The summed E-state index contributed by atoms with van der Waals surface area (Å²) in [5.74, 6) is 0.257. The molecule has 3 rings (SSSR count). The molecule has 3 amide bonds. The molecular weight excluding hydrogens is 348 g/mol. The van der Waals surface area contributed by atoms with Gasteiger partial charge in [0, 0.05) is 24.7 Å². The van der Waals surface area contributed by atoms with Gasteiger partial charge in [-0.25, -0.2) is 0 Å². The summed E-state index contributed by atoms with van der Waals surface area (Å²) < 4.78 is 10.4. The Morgan fingerprint density at radius 3 is 2.19 bits per heavy atom. The Balaban J connectivity index is 1.53. The molecule has 140 valence electrons. The van der Waals surface area contributed by atoms with Gasteiger partial charge in [0.25, 0.3) is 11.8 Å². The number of fused-ring (bicyclic) bond motifs is 1. The summed E-state index contributed by atoms with van der Waals surface area (Å²) in [5, 5.41) is 2.77. The topological polar surface area (TPSA) is 84.9 Å². The van der Waals surface area contributed by atoms with E-state index in [0.717, 1.165) is 0 Å². The molecule has 0 atom stereocenters. The number of nitrogens with zero attached hydrogens (tertiary/aromatic N) is 1. The lowest BCUT2D eigenvalue weighted by atomic mass is 10.1. The van der Waals surface area contributed by atoms with Crippen molar-refractivity contribution in [2.45, 2.75) is 12.8 Å². The van der Waals surface area contributed by atoms with Gasteiger partial charge in [-0.1, -0.05) is 12.1 Å². The molecule has 0 fully saturated rings. The minimum Gasteiger partial charge on any atom is -0.493 e. The quantitative estimate of drug-likeness (QED) is 0.760. The molecule has 2 aromatic carbocycles. The minimum absolute atomic E-state index is 0.182. The minimum atomic E-state index is -0.309. The molecule has 2 aromatic rings. The van der Waals surface area contributed by atoms with Gasteiger partial charge in [0.05, 0.1) is 25.3 Å². The number of hydrogen-bond donors (Lipinski definition) is 1. The van der Waals surface area contributed by atoms with E-state index in [4.69, 9.17) is 9.47 Å². The van der Waals surface area contributed by atoms with Crippen LogP contribution in [0.3, 0.4) is 0 Å². The van der Waals surface area contributed by atoms with E-state index in [1.54, 1.807) is 42.5 Å². The van der Waals surface area contributed by atoms with Crippen molar-refractivity contribution in [3.8, 4) is 11.5 Å². The van der Waals surface area contributed by atoms with Gasteiger partial charge < -0.3 is 14.8 Å². The van der Waals surface area contributed by atoms with E-state index in [1.165, 1.54) is 19.1 Å². The van der Waals surface area contributed by atoms with Crippen LogP contribution in [0.4, 0.5) is 5.69 Å². The Morgan fingerprint density at radius 2 is 1.59 bits per heavy atom. The number of nitrogens with one attached hydrogen (secondary N) is 1. The van der Waals surface area contributed by atoms with Crippen LogP contribution < -0.4 is 14.8 Å². The molecular formula is C20H20N2O5. The first kappa shape index (κ1) is 18.4. The molecule has 0 unspecified atom stereocenters. The average molecular weight is 368 g/mol. The summed E-state index contributed by atoms with van der Waals surface area (Å²) >= 11 is 0. The van der Waals surface area contributed by atoms with Crippen LogP contribution in [0.5, 0.6) is 11.5 Å². The number of hydrogen-bond acceptors (Lipinski definition) is 5. The molecule has 0 saturated carbocycles. The molecule has 0 bridgehead atoms. The smallest absolute Gasteiger partial charge is 0.261 e. The third kappa shape index (κ3) is 3.76. The zero-order chi connectivity index (χ0) is 19.4. The number of benzene rings is 2. The standard InChI is InChI=1S/C20H20N2O5/c1-26-16-10-9-13(12-17(16)27-2)21-18(23)8-5-11-22-19(24)14-6-3-4-7-15(14)20(22)25/h3-4,6-7,9-10,12H,5,8,11H2,1-2H3,(H,21,23). The Morgan fingerprint density at radius 1 is 0.963 bits per heavy atom. The van der Waals surface area contributed by atoms with Gasteiger partial charge in [-0.3, -0.25) is 19.3 Å². The van der Waals surface area contributed by atoms with Crippen molar-refractivity contribution < 1.29 is 23.9 Å². The van der Waals surface area contributed by atoms with E-state index in [1.807, 2.05) is 0 Å². The molecule has 1 aliphatic rings. The monoisotopic (exact) mass is 368 g/mol. The average Bonchev–Trinajstić information content (AvgIpc) is 2.93. The molecule has 0 spiro atoms. The van der Waals surface area contributed by atoms with Crippen LogP contribution in [0.1, 0.15) is 33.6 Å². The van der Waals surface area contributed by atoms with Crippen molar-refractivity contribution in [2.24, 2.45) is 0 Å². The normalized spacial score (nSPS) is 12.7. The van der Waals surface area contributed by atoms with Gasteiger partial charge in [0.2, 0.25) is 5.91 Å². The van der Waals surface area contributed by atoms with Crippen LogP contribution in [-0.2, 0) is 4.79 Å². The zero-order valence-corrected chi connectivity index (χ0v) is 15.2. The van der Waals surface area contributed by atoms with Crippen LogP contribution >= 0.6 is 0 Å². The van der Waals surface area contributed by atoms with E-state index < -0.39 is 0 Å². The number of methoxy groups -OCH3 is 2. The van der Waals surface area contributed by atoms with E-state index in [2.05, 4.69) is 5.32 Å². The number of ether oxygens (including phenoxy) is 2. The lowest BCUT2D eigenvalue weighted by Crippen LogP contribution is -2.31. The Labute approximate surface area is 156 Å². The van der Waals surface area contributed by atoms with Crippen LogP contribution in [0, 0.1) is 0 Å². The highest BCUT2D eigenvalue weighted by atomic mass is 16.5. The highest BCUT2D eigenvalue weighted by molar-refractivity contribution is 6.21. The van der Waals surface area contributed by atoms with Crippen molar-refractivity contribution >= 4 is 23.4 Å². The Hall–Kier alpha value is -3.35. The molecule has 27 heavy (non-hydrogen) atoms. The summed E-state index contributed by atoms with van der Waals surface area (Å²) in [6, 6.07) is 11.8. The predicted octanol–water partition coefficient (Wildman–Crippen LogP) is 2.72. The third-order valence-corrected chi connectivity index (χ3v) is 4.33. The van der Waals surface area contributed by atoms with Gasteiger partial charge in [-0.15, -0.1) is 0 Å². The first-order chi connectivity index (χ1) is 13.0. The van der Waals surface area contributed by atoms with E-state index >= 15 is 0 Å². The van der Waals surface area contributed by atoms with Gasteiger partial charge in [-0.2, -0.15) is 0 Å². The summed E-state index contributed by atoms with van der Waals surface area (Å²) in [6.07, 6.45) is 0.562. The molecule has 0 saturated heterocycles. The van der Waals surface area contributed by atoms with Gasteiger partial charge >= 0.3 is 0 Å². The number of carbonyl (C=O) groups is 3.